The van der Waals surface area contributed by atoms with Crippen LogP contribution in [0.2, 0.25) is 0 Å². The summed E-state index contributed by atoms with van der Waals surface area (Å²) in [6, 6.07) is 5.28. The van der Waals surface area contributed by atoms with E-state index >= 15 is 0 Å². The third-order valence-electron chi connectivity index (χ3n) is 3.56. The highest BCUT2D eigenvalue weighted by atomic mass is 32.1. The average Bonchev–Trinajstić information content (AvgIpc) is 3.19. The predicted octanol–water partition coefficient (Wildman–Crippen LogP) is 2.70. The van der Waals surface area contributed by atoms with E-state index in [1.165, 1.54) is 0 Å². The van der Waals surface area contributed by atoms with Gasteiger partial charge >= 0.3 is 0 Å². The summed E-state index contributed by atoms with van der Waals surface area (Å²) in [7, 11) is 0. The summed E-state index contributed by atoms with van der Waals surface area (Å²) in [6.07, 6.45) is 1.15. The molecule has 0 aliphatic carbocycles. The van der Waals surface area contributed by atoms with Gasteiger partial charge in [0.25, 0.3) is 5.91 Å². The van der Waals surface area contributed by atoms with E-state index in [4.69, 9.17) is 14.2 Å². The van der Waals surface area contributed by atoms with Gasteiger partial charge in [-0.3, -0.25) is 4.79 Å². The van der Waals surface area contributed by atoms with Gasteiger partial charge in [-0.2, -0.15) is 0 Å². The molecular formula is C17H20N2O4S. The number of carbonyl (C=O) groups excluding carboxylic acids is 1. The number of carbonyl (C=O) groups is 1. The zero-order chi connectivity index (χ0) is 16.9. The first-order valence-electron chi connectivity index (χ1n) is 7.87. The minimum atomic E-state index is -0.576. The number of hydrogen-bond acceptors (Lipinski definition) is 6. The number of aryl methyl sites for hydroxylation is 2. The first kappa shape index (κ1) is 16.6. The van der Waals surface area contributed by atoms with E-state index in [2.05, 4.69) is 10.3 Å². The molecular weight excluding hydrogens is 328 g/mol. The number of fused-ring (bicyclic) bond motifs is 1. The molecule has 1 aliphatic rings. The minimum Gasteiger partial charge on any atom is -0.481 e. The van der Waals surface area contributed by atoms with E-state index in [0.29, 0.717) is 23.8 Å². The molecule has 24 heavy (non-hydrogen) atoms. The Kier molecular flexibility index (Phi) is 5.20. The topological polar surface area (TPSA) is 69.7 Å². The summed E-state index contributed by atoms with van der Waals surface area (Å²) < 4.78 is 16.2. The van der Waals surface area contributed by atoms with Crippen LogP contribution in [0.25, 0.3) is 0 Å². The average molecular weight is 348 g/mol. The molecule has 1 aliphatic heterocycles. The van der Waals surface area contributed by atoms with Gasteiger partial charge in [-0.05, 0) is 32.4 Å². The van der Waals surface area contributed by atoms with Crippen LogP contribution < -0.4 is 19.5 Å². The van der Waals surface area contributed by atoms with Gasteiger partial charge < -0.3 is 19.5 Å². The van der Waals surface area contributed by atoms with Gasteiger partial charge in [0.2, 0.25) is 6.79 Å². The van der Waals surface area contributed by atoms with E-state index < -0.39 is 6.10 Å². The number of nitrogens with zero attached hydrogens (tertiary/aromatic N) is 1. The largest absolute Gasteiger partial charge is 0.481 e. The second-order valence-electron chi connectivity index (χ2n) is 5.55. The van der Waals surface area contributed by atoms with E-state index in [-0.39, 0.29) is 12.7 Å². The van der Waals surface area contributed by atoms with Crippen molar-refractivity contribution in [1.82, 2.24) is 10.3 Å². The van der Waals surface area contributed by atoms with Crippen LogP contribution in [0.15, 0.2) is 23.6 Å². The number of rotatable bonds is 7. The Labute approximate surface area is 144 Å². The summed E-state index contributed by atoms with van der Waals surface area (Å²) in [5.41, 5.74) is 1.05. The second kappa shape index (κ2) is 7.53. The van der Waals surface area contributed by atoms with Crippen molar-refractivity contribution in [2.24, 2.45) is 0 Å². The Morgan fingerprint density at radius 1 is 1.42 bits per heavy atom. The fourth-order valence-corrected chi connectivity index (χ4v) is 3.14. The molecule has 1 aromatic heterocycles. The number of aromatic nitrogens is 1. The molecule has 0 saturated heterocycles. The maximum Gasteiger partial charge on any atom is 0.260 e. The first-order chi connectivity index (χ1) is 11.6. The first-order valence-corrected chi connectivity index (χ1v) is 8.75. The lowest BCUT2D eigenvalue weighted by molar-refractivity contribution is -0.127. The smallest absolute Gasteiger partial charge is 0.260 e. The normalized spacial score (nSPS) is 13.6. The van der Waals surface area contributed by atoms with Crippen molar-refractivity contribution in [2.45, 2.75) is 32.8 Å². The third kappa shape index (κ3) is 4.17. The Morgan fingerprint density at radius 2 is 2.25 bits per heavy atom. The van der Waals surface area contributed by atoms with Gasteiger partial charge in [-0.15, -0.1) is 11.3 Å². The van der Waals surface area contributed by atoms with Crippen molar-refractivity contribution < 1.29 is 19.0 Å². The summed E-state index contributed by atoms with van der Waals surface area (Å²) in [5, 5.41) is 6.03. The van der Waals surface area contributed by atoms with Crippen LogP contribution >= 0.6 is 11.3 Å². The van der Waals surface area contributed by atoms with Crippen LogP contribution in [0.1, 0.15) is 24.0 Å². The van der Waals surface area contributed by atoms with Gasteiger partial charge in [0, 0.05) is 30.1 Å². The molecule has 2 aromatic rings. The molecule has 2 heterocycles. The Morgan fingerprint density at radius 3 is 3.04 bits per heavy atom. The third-order valence-corrected chi connectivity index (χ3v) is 4.59. The van der Waals surface area contributed by atoms with Crippen molar-refractivity contribution in [2.75, 3.05) is 13.3 Å². The van der Waals surface area contributed by atoms with Crippen molar-refractivity contribution >= 4 is 17.2 Å². The monoisotopic (exact) mass is 348 g/mol. The highest BCUT2D eigenvalue weighted by molar-refractivity contribution is 7.09. The quantitative estimate of drug-likeness (QED) is 0.779. The fourth-order valence-electron chi connectivity index (χ4n) is 2.32. The van der Waals surface area contributed by atoms with Crippen molar-refractivity contribution in [1.29, 1.82) is 0 Å². The van der Waals surface area contributed by atoms with E-state index in [0.717, 1.165) is 23.5 Å². The molecule has 128 valence electrons. The van der Waals surface area contributed by atoms with E-state index in [1.807, 2.05) is 12.3 Å². The molecule has 3 rings (SSSR count). The zero-order valence-corrected chi connectivity index (χ0v) is 14.5. The van der Waals surface area contributed by atoms with Crippen molar-refractivity contribution in [3.8, 4) is 17.2 Å². The molecule has 0 fully saturated rings. The number of benzene rings is 1. The summed E-state index contributed by atoms with van der Waals surface area (Å²) in [4.78, 5) is 16.5. The lowest BCUT2D eigenvalue weighted by Crippen LogP contribution is -2.36. The van der Waals surface area contributed by atoms with Crippen LogP contribution in [0.4, 0.5) is 0 Å². The summed E-state index contributed by atoms with van der Waals surface area (Å²) in [6.45, 7) is 4.53. The SMILES string of the molecule is Cc1csc(CCCNC(=O)[C@H](C)Oc2ccc3c(c2)OCO3)n1. The number of amides is 1. The van der Waals surface area contributed by atoms with Crippen molar-refractivity contribution in [3.63, 3.8) is 0 Å². The Hall–Kier alpha value is -2.28. The maximum absolute atomic E-state index is 12.1. The number of nitrogens with one attached hydrogen (secondary N) is 1. The summed E-state index contributed by atoms with van der Waals surface area (Å²) >= 11 is 1.66. The number of ether oxygens (including phenoxy) is 3. The molecule has 1 N–H and O–H groups in total. The van der Waals surface area contributed by atoms with Gasteiger partial charge in [-0.25, -0.2) is 4.98 Å². The van der Waals surface area contributed by atoms with Gasteiger partial charge in [0.05, 0.1) is 5.01 Å². The Bertz CT molecular complexity index is 716. The highest BCUT2D eigenvalue weighted by Gasteiger charge is 2.17. The highest BCUT2D eigenvalue weighted by Crippen LogP contribution is 2.35. The van der Waals surface area contributed by atoms with Crippen LogP contribution in [0.5, 0.6) is 17.2 Å². The van der Waals surface area contributed by atoms with Gasteiger partial charge in [0.1, 0.15) is 5.75 Å². The summed E-state index contributed by atoms with van der Waals surface area (Å²) in [5.74, 6) is 1.78. The second-order valence-corrected chi connectivity index (χ2v) is 6.50. The van der Waals surface area contributed by atoms with E-state index in [1.54, 1.807) is 36.5 Å². The van der Waals surface area contributed by atoms with Crippen LogP contribution in [0.3, 0.4) is 0 Å². The van der Waals surface area contributed by atoms with Crippen LogP contribution in [-0.4, -0.2) is 30.3 Å². The maximum atomic E-state index is 12.1. The molecule has 0 spiro atoms. The minimum absolute atomic E-state index is 0.136. The molecule has 0 radical (unpaired) electrons. The Balaban J connectivity index is 1.41. The fraction of sp³-hybridized carbons (Fsp3) is 0.412. The molecule has 0 saturated carbocycles. The van der Waals surface area contributed by atoms with Gasteiger partial charge in [-0.1, -0.05) is 0 Å². The van der Waals surface area contributed by atoms with Gasteiger partial charge in [0.15, 0.2) is 17.6 Å². The lowest BCUT2D eigenvalue weighted by Gasteiger charge is -2.14. The zero-order valence-electron chi connectivity index (χ0n) is 13.7. The molecule has 7 heteroatoms. The lowest BCUT2D eigenvalue weighted by atomic mass is 10.3. The van der Waals surface area contributed by atoms with Crippen molar-refractivity contribution in [3.05, 3.63) is 34.3 Å². The molecule has 1 amide bonds. The molecule has 0 unspecified atom stereocenters. The molecule has 0 bridgehead atoms. The van der Waals surface area contributed by atoms with Crippen LogP contribution in [0, 0.1) is 6.92 Å². The molecule has 1 aromatic carbocycles. The predicted molar refractivity (Wildman–Crippen MR) is 90.8 cm³/mol. The number of hydrogen-bond donors (Lipinski definition) is 1. The standard InChI is InChI=1S/C17H20N2O4S/c1-11-9-24-16(19-11)4-3-7-18-17(20)12(2)23-13-5-6-14-15(8-13)22-10-21-14/h5-6,8-9,12H,3-4,7,10H2,1-2H3,(H,18,20)/t12-/m0/s1. The van der Waals surface area contributed by atoms with Crippen LogP contribution in [-0.2, 0) is 11.2 Å². The molecule has 6 nitrogen and oxygen atoms in total. The van der Waals surface area contributed by atoms with E-state index in [9.17, 15) is 4.79 Å². The molecule has 1 atom stereocenters. The number of thiazole rings is 1.